The molecule has 0 aromatic heterocycles. The van der Waals surface area contributed by atoms with Gasteiger partial charge in [0.1, 0.15) is 12.1 Å². The van der Waals surface area contributed by atoms with E-state index in [1.54, 1.807) is 4.90 Å². The molecule has 4 rings (SSSR count). The molecular formula is C22H23ClN2O3. The van der Waals surface area contributed by atoms with E-state index in [-0.39, 0.29) is 17.9 Å². The number of nitrogens with zero attached hydrogens (tertiary/aromatic N) is 2. The molecule has 5 nitrogen and oxygen atoms in total. The number of hydrogen-bond donors (Lipinski definition) is 0. The van der Waals surface area contributed by atoms with Gasteiger partial charge in [0.05, 0.1) is 13.2 Å². The molecule has 2 aliphatic rings. The number of morpholine rings is 1. The Balaban J connectivity index is 1.47. The zero-order valence-corrected chi connectivity index (χ0v) is 16.3. The Morgan fingerprint density at radius 3 is 2.75 bits per heavy atom. The number of ether oxygens (including phenoxy) is 1. The molecule has 2 saturated heterocycles. The predicted octanol–water partition coefficient (Wildman–Crippen LogP) is 3.43. The Morgan fingerprint density at radius 1 is 1.14 bits per heavy atom. The van der Waals surface area contributed by atoms with Gasteiger partial charge in [0.2, 0.25) is 11.8 Å². The summed E-state index contributed by atoms with van der Waals surface area (Å²) in [6.45, 7) is 1.96. The highest BCUT2D eigenvalue weighted by atomic mass is 35.5. The summed E-state index contributed by atoms with van der Waals surface area (Å²) in [6.07, 6.45) is 0.797. The lowest BCUT2D eigenvalue weighted by Crippen LogP contribution is -2.50. The lowest BCUT2D eigenvalue weighted by Gasteiger charge is -2.36. The van der Waals surface area contributed by atoms with Crippen LogP contribution >= 0.6 is 11.6 Å². The van der Waals surface area contributed by atoms with Crippen LogP contribution in [-0.2, 0) is 20.9 Å². The van der Waals surface area contributed by atoms with Crippen LogP contribution in [0, 0.1) is 0 Å². The number of carbonyl (C=O) groups excluding carboxylic acids is 2. The van der Waals surface area contributed by atoms with Crippen molar-refractivity contribution in [3.8, 4) is 0 Å². The van der Waals surface area contributed by atoms with E-state index in [9.17, 15) is 9.59 Å². The Kier molecular flexibility index (Phi) is 5.64. The van der Waals surface area contributed by atoms with Crippen LogP contribution in [0.3, 0.4) is 0 Å². The first-order valence-electron chi connectivity index (χ1n) is 9.61. The highest BCUT2D eigenvalue weighted by Crippen LogP contribution is 2.28. The molecule has 2 amide bonds. The quantitative estimate of drug-likeness (QED) is 0.792. The van der Waals surface area contributed by atoms with Gasteiger partial charge in [-0.3, -0.25) is 9.59 Å². The van der Waals surface area contributed by atoms with Gasteiger partial charge < -0.3 is 14.5 Å². The topological polar surface area (TPSA) is 49.9 Å². The maximum absolute atomic E-state index is 13.2. The molecule has 146 valence electrons. The normalized spacial score (nSPS) is 22.5. The Bertz CT molecular complexity index is 858. The SMILES string of the molecule is O=C(C1CCC(=O)N1Cc1ccccc1)N1CCOC(c2cccc(Cl)c2)C1. The van der Waals surface area contributed by atoms with Crippen molar-refractivity contribution in [1.82, 2.24) is 9.80 Å². The minimum absolute atomic E-state index is 0.0112. The summed E-state index contributed by atoms with van der Waals surface area (Å²) in [5, 5.41) is 0.653. The van der Waals surface area contributed by atoms with E-state index >= 15 is 0 Å². The van der Waals surface area contributed by atoms with Crippen LogP contribution in [0.1, 0.15) is 30.1 Å². The minimum atomic E-state index is -0.397. The van der Waals surface area contributed by atoms with Gasteiger partial charge in [-0.15, -0.1) is 0 Å². The summed E-state index contributed by atoms with van der Waals surface area (Å²) in [5.74, 6) is 0.0546. The standard InChI is InChI=1S/C22H23ClN2O3/c23-18-8-4-7-17(13-18)20-15-24(11-12-28-20)22(27)19-9-10-21(26)25(19)14-16-5-2-1-3-6-16/h1-8,13,19-20H,9-12,14-15H2. The second-order valence-electron chi connectivity index (χ2n) is 7.26. The van der Waals surface area contributed by atoms with Crippen molar-refractivity contribution in [3.63, 3.8) is 0 Å². The molecule has 0 saturated carbocycles. The molecule has 0 radical (unpaired) electrons. The Labute approximate surface area is 169 Å². The van der Waals surface area contributed by atoms with Crippen molar-refractivity contribution in [2.45, 2.75) is 31.5 Å². The van der Waals surface area contributed by atoms with E-state index in [2.05, 4.69) is 0 Å². The van der Waals surface area contributed by atoms with Crippen molar-refractivity contribution in [3.05, 3.63) is 70.7 Å². The zero-order chi connectivity index (χ0) is 19.5. The van der Waals surface area contributed by atoms with Crippen molar-refractivity contribution in [2.75, 3.05) is 19.7 Å². The Hall–Kier alpha value is -2.37. The van der Waals surface area contributed by atoms with E-state index < -0.39 is 6.04 Å². The third-order valence-corrected chi connectivity index (χ3v) is 5.64. The monoisotopic (exact) mass is 398 g/mol. The molecule has 2 aromatic carbocycles. The number of hydrogen-bond acceptors (Lipinski definition) is 3. The zero-order valence-electron chi connectivity index (χ0n) is 15.6. The molecule has 2 aliphatic heterocycles. The molecule has 2 atom stereocenters. The molecule has 2 unspecified atom stereocenters. The van der Waals surface area contributed by atoms with Crippen LogP contribution in [-0.4, -0.2) is 47.4 Å². The van der Waals surface area contributed by atoms with Crippen molar-refractivity contribution in [1.29, 1.82) is 0 Å². The van der Waals surface area contributed by atoms with Crippen molar-refractivity contribution in [2.24, 2.45) is 0 Å². The van der Waals surface area contributed by atoms with Crippen LogP contribution in [0.5, 0.6) is 0 Å². The number of halogens is 1. The van der Waals surface area contributed by atoms with Gasteiger partial charge in [-0.25, -0.2) is 0 Å². The van der Waals surface area contributed by atoms with Crippen LogP contribution in [0.25, 0.3) is 0 Å². The first-order valence-corrected chi connectivity index (χ1v) is 9.99. The molecule has 0 N–H and O–H groups in total. The summed E-state index contributed by atoms with van der Waals surface area (Å²) in [4.78, 5) is 29.2. The molecule has 0 bridgehead atoms. The van der Waals surface area contributed by atoms with Gasteiger partial charge in [-0.05, 0) is 29.7 Å². The summed E-state index contributed by atoms with van der Waals surface area (Å²) in [5.41, 5.74) is 2.00. The highest BCUT2D eigenvalue weighted by Gasteiger charge is 2.39. The Morgan fingerprint density at radius 2 is 1.96 bits per heavy atom. The number of benzene rings is 2. The second kappa shape index (κ2) is 8.33. The third kappa shape index (κ3) is 4.05. The van der Waals surface area contributed by atoms with E-state index in [1.807, 2.05) is 59.5 Å². The predicted molar refractivity (Wildman–Crippen MR) is 107 cm³/mol. The van der Waals surface area contributed by atoms with E-state index in [1.165, 1.54) is 0 Å². The highest BCUT2D eigenvalue weighted by molar-refractivity contribution is 6.30. The molecule has 0 aliphatic carbocycles. The maximum atomic E-state index is 13.2. The average Bonchev–Trinajstić information content (AvgIpc) is 3.08. The lowest BCUT2D eigenvalue weighted by molar-refractivity contribution is -0.147. The van der Waals surface area contributed by atoms with Gasteiger partial charge in [0.25, 0.3) is 0 Å². The first kappa shape index (κ1) is 19.0. The third-order valence-electron chi connectivity index (χ3n) is 5.41. The number of carbonyl (C=O) groups is 2. The fourth-order valence-electron chi connectivity index (χ4n) is 3.94. The molecule has 2 aromatic rings. The molecule has 0 spiro atoms. The second-order valence-corrected chi connectivity index (χ2v) is 7.70. The van der Waals surface area contributed by atoms with Gasteiger partial charge >= 0.3 is 0 Å². The van der Waals surface area contributed by atoms with E-state index in [0.717, 1.165) is 11.1 Å². The average molecular weight is 399 g/mol. The first-order chi connectivity index (χ1) is 13.6. The van der Waals surface area contributed by atoms with Gasteiger partial charge in [0.15, 0.2) is 0 Å². The number of likely N-dealkylation sites (tertiary alicyclic amines) is 1. The fraction of sp³-hybridized carbons (Fsp3) is 0.364. The molecular weight excluding hydrogens is 376 g/mol. The van der Waals surface area contributed by atoms with Crippen molar-refractivity contribution < 1.29 is 14.3 Å². The van der Waals surface area contributed by atoms with Gasteiger partial charge in [-0.2, -0.15) is 0 Å². The fourth-order valence-corrected chi connectivity index (χ4v) is 4.14. The molecule has 2 heterocycles. The smallest absolute Gasteiger partial charge is 0.245 e. The lowest BCUT2D eigenvalue weighted by atomic mass is 10.1. The van der Waals surface area contributed by atoms with Crippen LogP contribution in [0.4, 0.5) is 0 Å². The van der Waals surface area contributed by atoms with Gasteiger partial charge in [-0.1, -0.05) is 54.1 Å². The molecule has 28 heavy (non-hydrogen) atoms. The summed E-state index contributed by atoms with van der Waals surface area (Å²) >= 11 is 6.10. The maximum Gasteiger partial charge on any atom is 0.245 e. The summed E-state index contributed by atoms with van der Waals surface area (Å²) in [7, 11) is 0. The summed E-state index contributed by atoms with van der Waals surface area (Å²) in [6, 6.07) is 17.0. The van der Waals surface area contributed by atoms with Crippen LogP contribution < -0.4 is 0 Å². The van der Waals surface area contributed by atoms with Crippen molar-refractivity contribution >= 4 is 23.4 Å². The number of rotatable bonds is 4. The molecule has 6 heteroatoms. The van der Waals surface area contributed by atoms with Crippen LogP contribution in [0.2, 0.25) is 5.02 Å². The van der Waals surface area contributed by atoms with E-state index in [4.69, 9.17) is 16.3 Å². The van der Waals surface area contributed by atoms with E-state index in [0.29, 0.717) is 44.1 Å². The largest absolute Gasteiger partial charge is 0.370 e. The minimum Gasteiger partial charge on any atom is -0.370 e. The van der Waals surface area contributed by atoms with Gasteiger partial charge in [0, 0.05) is 24.5 Å². The molecule has 2 fully saturated rings. The number of amides is 2. The van der Waals surface area contributed by atoms with Crippen LogP contribution in [0.15, 0.2) is 54.6 Å². The summed E-state index contributed by atoms with van der Waals surface area (Å²) < 4.78 is 5.87.